The van der Waals surface area contributed by atoms with E-state index in [4.69, 9.17) is 0 Å². The van der Waals surface area contributed by atoms with Gasteiger partial charge in [0.2, 0.25) is 0 Å². The van der Waals surface area contributed by atoms with Gasteiger partial charge in [0.25, 0.3) is 0 Å². The Kier molecular flexibility index (Phi) is 2.52. The second-order valence-electron chi connectivity index (χ2n) is 4.21. The van der Waals surface area contributed by atoms with Gasteiger partial charge in [0.1, 0.15) is 11.3 Å². The molecule has 2 aromatic rings. The molecule has 1 aliphatic carbocycles. The summed E-state index contributed by atoms with van der Waals surface area (Å²) in [7, 11) is 0. The fourth-order valence-corrected chi connectivity index (χ4v) is 2.57. The molecule has 1 N–H and O–H groups in total. The molecule has 0 amide bonds. The molecule has 0 aromatic carbocycles. The van der Waals surface area contributed by atoms with Crippen LogP contribution in [0, 0.1) is 0 Å². The number of hydrogen-bond acceptors (Lipinski definition) is 4. The summed E-state index contributed by atoms with van der Waals surface area (Å²) in [5.41, 5.74) is -0.0192. The highest BCUT2D eigenvalue weighted by Crippen LogP contribution is 2.34. The van der Waals surface area contributed by atoms with Crippen LogP contribution in [0.4, 0.5) is 0 Å². The summed E-state index contributed by atoms with van der Waals surface area (Å²) < 4.78 is 1.43. The monoisotopic (exact) mass is 262 g/mol. The van der Waals surface area contributed by atoms with Crippen LogP contribution in [0.3, 0.4) is 0 Å². The first-order chi connectivity index (χ1) is 8.66. The number of carboxylic acids is 1. The summed E-state index contributed by atoms with van der Waals surface area (Å²) in [6, 6.07) is 3.69. The second kappa shape index (κ2) is 4.06. The van der Waals surface area contributed by atoms with E-state index in [1.807, 2.05) is 5.38 Å². The molecule has 0 radical (unpaired) electrons. The molecular formula is C12H10N2O3S. The van der Waals surface area contributed by atoms with Gasteiger partial charge in [-0.15, -0.1) is 11.3 Å². The molecule has 0 atom stereocenters. The molecule has 2 heterocycles. The molecule has 1 aliphatic rings. The molecule has 0 spiro atoms. The molecule has 1 fully saturated rings. The highest BCUT2D eigenvalue weighted by Gasteiger charge is 2.27. The predicted molar refractivity (Wildman–Crippen MR) is 67.0 cm³/mol. The van der Waals surface area contributed by atoms with E-state index < -0.39 is 5.97 Å². The van der Waals surface area contributed by atoms with Gasteiger partial charge in [0.05, 0.1) is 4.88 Å². The Bertz CT molecular complexity index is 656. The molecule has 5 nitrogen and oxygen atoms in total. The van der Waals surface area contributed by atoms with Gasteiger partial charge in [-0.25, -0.2) is 9.59 Å². The van der Waals surface area contributed by atoms with Crippen LogP contribution < -0.4 is 5.69 Å². The predicted octanol–water partition coefficient (Wildman–Crippen LogP) is 2.00. The van der Waals surface area contributed by atoms with Gasteiger partial charge in [0, 0.05) is 12.2 Å². The Morgan fingerprint density at radius 1 is 1.50 bits per heavy atom. The van der Waals surface area contributed by atoms with Crippen molar-refractivity contribution in [1.82, 2.24) is 9.55 Å². The van der Waals surface area contributed by atoms with Crippen LogP contribution in [0.2, 0.25) is 0 Å². The second-order valence-corrected chi connectivity index (χ2v) is 5.15. The van der Waals surface area contributed by atoms with Crippen molar-refractivity contribution in [3.63, 3.8) is 0 Å². The molecule has 18 heavy (non-hydrogen) atoms. The Morgan fingerprint density at radius 3 is 2.83 bits per heavy atom. The molecule has 1 saturated carbocycles. The summed E-state index contributed by atoms with van der Waals surface area (Å²) in [5, 5.41) is 11.1. The zero-order valence-corrected chi connectivity index (χ0v) is 10.2. The quantitative estimate of drug-likeness (QED) is 0.918. The fraction of sp³-hybridized carbons (Fsp3) is 0.250. The summed E-state index contributed by atoms with van der Waals surface area (Å²) in [6.07, 6.45) is 3.25. The molecule has 2 aromatic heterocycles. The van der Waals surface area contributed by atoms with Gasteiger partial charge >= 0.3 is 11.7 Å². The van der Waals surface area contributed by atoms with Crippen LogP contribution in [0.15, 0.2) is 28.5 Å². The summed E-state index contributed by atoms with van der Waals surface area (Å²) in [6.45, 7) is 0. The van der Waals surface area contributed by atoms with Gasteiger partial charge in [-0.1, -0.05) is 6.07 Å². The van der Waals surface area contributed by atoms with Crippen molar-refractivity contribution in [2.75, 3.05) is 0 Å². The maximum absolute atomic E-state index is 11.9. The Balaban J connectivity index is 2.21. The number of aromatic carboxylic acids is 1. The molecule has 0 saturated heterocycles. The van der Waals surface area contributed by atoms with Crippen LogP contribution in [-0.2, 0) is 0 Å². The first-order valence-electron chi connectivity index (χ1n) is 5.57. The van der Waals surface area contributed by atoms with Gasteiger partial charge in [-0.3, -0.25) is 4.57 Å². The van der Waals surface area contributed by atoms with E-state index in [1.165, 1.54) is 22.1 Å². The Labute approximate surface area is 106 Å². The van der Waals surface area contributed by atoms with Crippen LogP contribution in [0.25, 0.3) is 10.6 Å². The van der Waals surface area contributed by atoms with Crippen molar-refractivity contribution in [1.29, 1.82) is 0 Å². The lowest BCUT2D eigenvalue weighted by Gasteiger charge is -2.07. The van der Waals surface area contributed by atoms with E-state index in [9.17, 15) is 14.7 Å². The van der Waals surface area contributed by atoms with Crippen LogP contribution in [0.5, 0.6) is 0 Å². The SMILES string of the molecule is O=C(O)c1cn(C2CC2)c(=O)nc1-c1cccs1. The normalized spacial score (nSPS) is 14.7. The van der Waals surface area contributed by atoms with E-state index in [0.717, 1.165) is 12.8 Å². The van der Waals surface area contributed by atoms with E-state index in [1.54, 1.807) is 12.1 Å². The molecule has 92 valence electrons. The van der Waals surface area contributed by atoms with Crippen molar-refractivity contribution < 1.29 is 9.90 Å². The minimum atomic E-state index is -1.06. The smallest absolute Gasteiger partial charge is 0.348 e. The lowest BCUT2D eigenvalue weighted by molar-refractivity contribution is 0.0696. The van der Waals surface area contributed by atoms with Gasteiger partial charge in [-0.2, -0.15) is 4.98 Å². The number of thiophene rings is 1. The molecule has 6 heteroatoms. The zero-order valence-electron chi connectivity index (χ0n) is 9.37. The van der Waals surface area contributed by atoms with Crippen molar-refractivity contribution >= 4 is 17.3 Å². The number of carbonyl (C=O) groups is 1. The topological polar surface area (TPSA) is 72.2 Å². The van der Waals surface area contributed by atoms with E-state index in [-0.39, 0.29) is 23.0 Å². The van der Waals surface area contributed by atoms with Gasteiger partial charge in [0.15, 0.2) is 0 Å². The molecule has 3 rings (SSSR count). The zero-order chi connectivity index (χ0) is 12.7. The van der Waals surface area contributed by atoms with E-state index in [0.29, 0.717) is 4.88 Å². The van der Waals surface area contributed by atoms with Crippen molar-refractivity contribution in [3.05, 3.63) is 39.8 Å². The third-order valence-corrected chi connectivity index (χ3v) is 3.75. The highest BCUT2D eigenvalue weighted by atomic mass is 32.1. The first kappa shape index (κ1) is 11.2. The van der Waals surface area contributed by atoms with E-state index in [2.05, 4.69) is 4.98 Å². The molecule has 0 unspecified atom stereocenters. The number of rotatable bonds is 3. The number of nitrogens with zero attached hydrogens (tertiary/aromatic N) is 2. The number of aromatic nitrogens is 2. The maximum Gasteiger partial charge on any atom is 0.348 e. The fourth-order valence-electron chi connectivity index (χ4n) is 1.84. The van der Waals surface area contributed by atoms with E-state index >= 15 is 0 Å². The van der Waals surface area contributed by atoms with Crippen molar-refractivity contribution in [2.24, 2.45) is 0 Å². The number of carboxylic acid groups (broad SMARTS) is 1. The summed E-state index contributed by atoms with van der Waals surface area (Å²) >= 11 is 1.37. The van der Waals surface area contributed by atoms with Crippen LogP contribution >= 0.6 is 11.3 Å². The van der Waals surface area contributed by atoms with Crippen LogP contribution in [0.1, 0.15) is 29.2 Å². The minimum Gasteiger partial charge on any atom is -0.478 e. The lowest BCUT2D eigenvalue weighted by atomic mass is 10.2. The maximum atomic E-state index is 11.9. The first-order valence-corrected chi connectivity index (χ1v) is 6.45. The average molecular weight is 262 g/mol. The average Bonchev–Trinajstić information content (AvgIpc) is 3.03. The molecule has 0 bridgehead atoms. The third-order valence-electron chi connectivity index (χ3n) is 2.88. The number of hydrogen-bond donors (Lipinski definition) is 1. The third kappa shape index (κ3) is 1.84. The van der Waals surface area contributed by atoms with Crippen molar-refractivity contribution in [3.8, 4) is 10.6 Å². The Hall–Kier alpha value is -1.95. The largest absolute Gasteiger partial charge is 0.478 e. The highest BCUT2D eigenvalue weighted by molar-refractivity contribution is 7.13. The molecular weight excluding hydrogens is 252 g/mol. The van der Waals surface area contributed by atoms with Gasteiger partial charge in [-0.05, 0) is 24.3 Å². The van der Waals surface area contributed by atoms with Crippen LogP contribution in [-0.4, -0.2) is 20.6 Å². The summed E-state index contributed by atoms with van der Waals surface area (Å²) in [4.78, 5) is 27.8. The summed E-state index contributed by atoms with van der Waals surface area (Å²) in [5.74, 6) is -1.06. The van der Waals surface area contributed by atoms with Crippen molar-refractivity contribution in [2.45, 2.75) is 18.9 Å². The van der Waals surface area contributed by atoms with Gasteiger partial charge < -0.3 is 5.11 Å². The standard InChI is InChI=1S/C12H10N2O3S/c15-11(16)8-6-14(7-3-4-7)12(17)13-10(8)9-2-1-5-18-9/h1-2,5-7H,3-4H2,(H,15,16). The lowest BCUT2D eigenvalue weighted by Crippen LogP contribution is -2.24. The Morgan fingerprint density at radius 2 is 2.28 bits per heavy atom. The molecule has 0 aliphatic heterocycles. The minimum absolute atomic E-state index is 0.0870.